The molecule has 0 heterocycles. The molecule has 2 aromatic carbocycles. The normalized spacial score (nSPS) is 11.6. The van der Waals surface area contributed by atoms with Gasteiger partial charge in [0, 0.05) is 25.2 Å². The number of hydrogen-bond acceptors (Lipinski definition) is 3. The average molecular weight is 378 g/mol. The molecule has 26 heavy (non-hydrogen) atoms. The zero-order chi connectivity index (χ0) is 19.3. The van der Waals surface area contributed by atoms with Crippen LogP contribution in [0.15, 0.2) is 47.4 Å². The third-order valence-electron chi connectivity index (χ3n) is 4.14. The Labute approximate surface area is 153 Å². The largest absolute Gasteiger partial charge is 0.348 e. The van der Waals surface area contributed by atoms with Crippen LogP contribution >= 0.6 is 0 Å². The maximum Gasteiger partial charge on any atom is 0.251 e. The third-order valence-corrected chi connectivity index (χ3v) is 6.33. The molecular formula is C19H23FN2O3S. The van der Waals surface area contributed by atoms with E-state index in [1.165, 1.54) is 22.5 Å². The van der Waals surface area contributed by atoms with Crippen LogP contribution in [0.1, 0.15) is 35.3 Å². The van der Waals surface area contributed by atoms with Crippen molar-refractivity contribution in [2.75, 3.05) is 13.1 Å². The number of aryl methyl sites for hydroxylation is 1. The molecule has 2 rings (SSSR count). The summed E-state index contributed by atoms with van der Waals surface area (Å²) in [6.07, 6.45) is 0. The van der Waals surface area contributed by atoms with Gasteiger partial charge >= 0.3 is 0 Å². The van der Waals surface area contributed by atoms with E-state index in [-0.39, 0.29) is 28.7 Å². The quantitative estimate of drug-likeness (QED) is 0.805. The number of hydrogen-bond donors (Lipinski definition) is 1. The Hall–Kier alpha value is -2.25. The second kappa shape index (κ2) is 8.42. The Kier molecular flexibility index (Phi) is 6.50. The number of sulfonamides is 1. The monoisotopic (exact) mass is 378 g/mol. The second-order valence-corrected chi connectivity index (χ2v) is 7.79. The molecule has 1 N–H and O–H groups in total. The fourth-order valence-corrected chi connectivity index (χ4v) is 4.32. The molecule has 0 radical (unpaired) electrons. The van der Waals surface area contributed by atoms with Crippen LogP contribution < -0.4 is 5.32 Å². The maximum atomic E-state index is 12.9. The van der Waals surface area contributed by atoms with Crippen molar-refractivity contribution < 1.29 is 17.6 Å². The first-order valence-corrected chi connectivity index (χ1v) is 9.87. The summed E-state index contributed by atoms with van der Waals surface area (Å²) in [7, 11) is -3.65. The van der Waals surface area contributed by atoms with Crippen LogP contribution in [0.5, 0.6) is 0 Å². The van der Waals surface area contributed by atoms with Crippen molar-refractivity contribution in [1.29, 1.82) is 0 Å². The number of carbonyl (C=O) groups excluding carboxylic acids is 1. The molecule has 5 nitrogen and oxygen atoms in total. The maximum absolute atomic E-state index is 12.9. The van der Waals surface area contributed by atoms with Gasteiger partial charge in [0.1, 0.15) is 5.82 Å². The van der Waals surface area contributed by atoms with E-state index in [9.17, 15) is 17.6 Å². The highest BCUT2D eigenvalue weighted by Gasteiger charge is 2.24. The fraction of sp³-hybridized carbons (Fsp3) is 0.316. The summed E-state index contributed by atoms with van der Waals surface area (Å²) in [5.41, 5.74) is 1.61. The van der Waals surface area contributed by atoms with E-state index in [2.05, 4.69) is 5.32 Å². The smallest absolute Gasteiger partial charge is 0.251 e. The molecule has 0 saturated carbocycles. The molecule has 0 aliphatic carbocycles. The van der Waals surface area contributed by atoms with Gasteiger partial charge in [0.15, 0.2) is 0 Å². The Balaban J connectivity index is 2.22. The number of nitrogens with one attached hydrogen (secondary N) is 1. The number of amides is 1. The number of rotatable bonds is 7. The minimum absolute atomic E-state index is 0.135. The molecule has 0 atom stereocenters. The lowest BCUT2D eigenvalue weighted by Gasteiger charge is -2.20. The van der Waals surface area contributed by atoms with Crippen LogP contribution in [0.25, 0.3) is 0 Å². The fourth-order valence-electron chi connectivity index (χ4n) is 2.61. The SMILES string of the molecule is CCN(CC)S(=O)(=O)c1cc(C(=O)NCc2ccc(F)cc2)ccc1C. The topological polar surface area (TPSA) is 66.5 Å². The van der Waals surface area contributed by atoms with Crippen LogP contribution in [-0.4, -0.2) is 31.7 Å². The number of carbonyl (C=O) groups is 1. The second-order valence-electron chi connectivity index (χ2n) is 5.88. The summed E-state index contributed by atoms with van der Waals surface area (Å²) in [4.78, 5) is 12.5. The van der Waals surface area contributed by atoms with Gasteiger partial charge in [-0.25, -0.2) is 12.8 Å². The summed E-state index contributed by atoms with van der Waals surface area (Å²) in [5.74, 6) is -0.727. The summed E-state index contributed by atoms with van der Waals surface area (Å²) in [5, 5.41) is 2.72. The predicted octanol–water partition coefficient (Wildman–Crippen LogP) is 3.09. The zero-order valence-corrected chi connectivity index (χ0v) is 15.9. The van der Waals surface area contributed by atoms with Crippen LogP contribution in [0.4, 0.5) is 4.39 Å². The molecule has 2 aromatic rings. The average Bonchev–Trinajstić information content (AvgIpc) is 2.62. The molecule has 0 bridgehead atoms. The van der Waals surface area contributed by atoms with E-state index in [0.29, 0.717) is 18.7 Å². The molecule has 140 valence electrons. The highest BCUT2D eigenvalue weighted by atomic mass is 32.2. The summed E-state index contributed by atoms with van der Waals surface area (Å²) < 4.78 is 39.8. The molecule has 0 spiro atoms. The molecule has 0 aliphatic rings. The lowest BCUT2D eigenvalue weighted by atomic mass is 10.1. The molecule has 0 fully saturated rings. The van der Waals surface area contributed by atoms with E-state index in [4.69, 9.17) is 0 Å². The molecule has 7 heteroatoms. The van der Waals surface area contributed by atoms with Crippen LogP contribution in [0, 0.1) is 12.7 Å². The van der Waals surface area contributed by atoms with Crippen molar-refractivity contribution in [3.05, 3.63) is 65.0 Å². The van der Waals surface area contributed by atoms with Gasteiger partial charge in [-0.3, -0.25) is 4.79 Å². The number of benzene rings is 2. The number of halogens is 1. The van der Waals surface area contributed by atoms with Crippen molar-refractivity contribution in [2.24, 2.45) is 0 Å². The Morgan fingerprint density at radius 2 is 1.69 bits per heavy atom. The van der Waals surface area contributed by atoms with Crippen molar-refractivity contribution in [3.8, 4) is 0 Å². The standard InChI is InChI=1S/C19H23FN2O3S/c1-4-22(5-2)26(24,25)18-12-16(9-6-14(18)3)19(23)21-13-15-7-10-17(20)11-8-15/h6-12H,4-5,13H2,1-3H3,(H,21,23). The lowest BCUT2D eigenvalue weighted by molar-refractivity contribution is 0.0950. The van der Waals surface area contributed by atoms with Gasteiger partial charge in [0.05, 0.1) is 4.90 Å². The Bertz CT molecular complexity index is 876. The van der Waals surface area contributed by atoms with E-state index >= 15 is 0 Å². The first kappa shape index (κ1) is 20.1. The van der Waals surface area contributed by atoms with Gasteiger partial charge in [-0.2, -0.15) is 4.31 Å². The Morgan fingerprint density at radius 3 is 2.27 bits per heavy atom. The van der Waals surface area contributed by atoms with Crippen LogP contribution in [0.3, 0.4) is 0 Å². The van der Waals surface area contributed by atoms with Gasteiger partial charge in [0.25, 0.3) is 5.91 Å². The van der Waals surface area contributed by atoms with E-state index < -0.39 is 10.0 Å². The van der Waals surface area contributed by atoms with Gasteiger partial charge in [-0.1, -0.05) is 32.0 Å². The summed E-state index contributed by atoms with van der Waals surface area (Å²) >= 11 is 0. The number of nitrogens with zero attached hydrogens (tertiary/aromatic N) is 1. The Morgan fingerprint density at radius 1 is 1.08 bits per heavy atom. The third kappa shape index (κ3) is 4.47. The van der Waals surface area contributed by atoms with Gasteiger partial charge in [0.2, 0.25) is 10.0 Å². The first-order valence-electron chi connectivity index (χ1n) is 8.43. The van der Waals surface area contributed by atoms with Gasteiger partial charge < -0.3 is 5.32 Å². The highest BCUT2D eigenvalue weighted by molar-refractivity contribution is 7.89. The van der Waals surface area contributed by atoms with Gasteiger partial charge in [-0.05, 0) is 42.3 Å². The molecule has 0 saturated heterocycles. The van der Waals surface area contributed by atoms with Crippen LogP contribution in [-0.2, 0) is 16.6 Å². The zero-order valence-electron chi connectivity index (χ0n) is 15.1. The summed E-state index contributed by atoms with van der Waals surface area (Å²) in [6.45, 7) is 6.20. The van der Waals surface area contributed by atoms with Crippen molar-refractivity contribution >= 4 is 15.9 Å². The highest BCUT2D eigenvalue weighted by Crippen LogP contribution is 2.21. The van der Waals surface area contributed by atoms with Crippen LogP contribution in [0.2, 0.25) is 0 Å². The lowest BCUT2D eigenvalue weighted by Crippen LogP contribution is -2.31. The predicted molar refractivity (Wildman–Crippen MR) is 98.9 cm³/mol. The minimum atomic E-state index is -3.65. The first-order chi connectivity index (χ1) is 12.3. The summed E-state index contributed by atoms with van der Waals surface area (Å²) in [6, 6.07) is 10.4. The molecule has 0 unspecified atom stereocenters. The van der Waals surface area contributed by atoms with Gasteiger partial charge in [-0.15, -0.1) is 0 Å². The van der Waals surface area contributed by atoms with E-state index in [1.807, 2.05) is 0 Å². The van der Waals surface area contributed by atoms with E-state index in [0.717, 1.165) is 5.56 Å². The molecule has 0 aromatic heterocycles. The molecule has 1 amide bonds. The molecular weight excluding hydrogens is 355 g/mol. The van der Waals surface area contributed by atoms with Crippen molar-refractivity contribution in [2.45, 2.75) is 32.2 Å². The molecule has 0 aliphatic heterocycles. The minimum Gasteiger partial charge on any atom is -0.348 e. The van der Waals surface area contributed by atoms with Crippen molar-refractivity contribution in [1.82, 2.24) is 9.62 Å². The van der Waals surface area contributed by atoms with Crippen molar-refractivity contribution in [3.63, 3.8) is 0 Å². The van der Waals surface area contributed by atoms with E-state index in [1.54, 1.807) is 45.0 Å².